The third-order valence-electron chi connectivity index (χ3n) is 18.6. The van der Waals surface area contributed by atoms with Crippen molar-refractivity contribution in [3.63, 3.8) is 0 Å². The number of hydrogen-bond donors (Lipinski definition) is 4. The highest BCUT2D eigenvalue weighted by atomic mass is 28.6. The molecule has 4 heterocycles. The molecule has 4 aliphatic heterocycles. The third-order valence-corrected chi connectivity index (χ3v) is 67.8. The van der Waals surface area contributed by atoms with Crippen LogP contribution >= 0.6 is 0 Å². The van der Waals surface area contributed by atoms with Gasteiger partial charge in [0.05, 0.1) is 52.9 Å². The van der Waals surface area contributed by atoms with E-state index in [4.69, 9.17) is 76.6 Å². The number of ether oxygens (including phenoxy) is 4. The Morgan fingerprint density at radius 2 is 0.373 bits per heavy atom. The number of aliphatic hydroxyl groups excluding tert-OH is 4. The molecule has 0 aromatic heterocycles. The van der Waals surface area contributed by atoms with E-state index in [1.807, 2.05) is 243 Å². The molecular weight excluding hydrogens is 1600 g/mol. The van der Waals surface area contributed by atoms with Gasteiger partial charge in [0.1, 0.15) is 0 Å². The Morgan fingerprint density at radius 1 is 0.218 bits per heavy atom. The molecule has 0 amide bonds. The van der Waals surface area contributed by atoms with E-state index in [2.05, 4.69) is 52.4 Å². The van der Waals surface area contributed by atoms with Crippen molar-refractivity contribution in [2.75, 3.05) is 79.3 Å². The van der Waals surface area contributed by atoms with Gasteiger partial charge in [0.25, 0.3) is 0 Å². The van der Waals surface area contributed by atoms with Crippen molar-refractivity contribution in [3.05, 3.63) is 243 Å². The topological polar surface area (TPSA) is 247 Å². The van der Waals surface area contributed by atoms with Crippen molar-refractivity contribution in [3.8, 4) is 0 Å². The number of fused-ring (bicyclic) bond motifs is 4. The molecule has 4 N–H and O–H groups in total. The van der Waals surface area contributed by atoms with Crippen LogP contribution in [0.5, 0.6) is 0 Å². The lowest BCUT2D eigenvalue weighted by Gasteiger charge is -2.58. The Morgan fingerprint density at radius 3 is 0.527 bits per heavy atom. The Hall–Kier alpha value is -4.52. The smallest absolute Gasteiger partial charge is 0.413 e. The number of hydrogen-bond acceptors (Lipinski definition) is 22. The fraction of sp³-hybridized carbons (Fsp3) is 0.368. The molecule has 0 saturated carbocycles. The quantitative estimate of drug-likeness (QED) is 0.0215. The molecule has 592 valence electrons. The first-order chi connectivity index (χ1) is 53.0. The molecule has 4 aliphatic rings. The van der Waals surface area contributed by atoms with Gasteiger partial charge in [-0.3, -0.25) is 0 Å². The highest BCUT2D eigenvalue weighted by Crippen LogP contribution is 2.46. The van der Waals surface area contributed by atoms with E-state index in [1.54, 1.807) is 0 Å². The molecule has 8 aromatic carbocycles. The van der Waals surface area contributed by atoms with Crippen LogP contribution in [0.4, 0.5) is 0 Å². The Labute approximate surface area is 661 Å². The van der Waals surface area contributed by atoms with Gasteiger partial charge in [0.15, 0.2) is 33.3 Å². The first-order valence-corrected chi connectivity index (χ1v) is 64.2. The number of rotatable bonds is 40. The summed E-state index contributed by atoms with van der Waals surface area (Å²) in [6.45, 7) is 18.5. The van der Waals surface area contributed by atoms with Crippen LogP contribution in [0.3, 0.4) is 0 Å². The van der Waals surface area contributed by atoms with Gasteiger partial charge in [-0.05, 0) is 102 Å². The van der Waals surface area contributed by atoms with E-state index >= 15 is 0 Å². The first-order valence-electron chi connectivity index (χ1n) is 38.0. The normalized spacial score (nSPS) is 25.5. The first kappa shape index (κ1) is 86.3. The van der Waals surface area contributed by atoms with Crippen LogP contribution in [0.25, 0.3) is 0 Å². The van der Waals surface area contributed by atoms with Crippen LogP contribution in [0.1, 0.15) is 25.7 Å². The van der Waals surface area contributed by atoms with E-state index in [9.17, 15) is 20.4 Å². The van der Waals surface area contributed by atoms with Crippen molar-refractivity contribution < 1.29 is 97.0 Å². The maximum Gasteiger partial charge on any atom is 0.515 e. The molecule has 110 heavy (non-hydrogen) atoms. The standard InChI is InChI=1S/C76H108O22Si12/c1-99(2,65-33-57-81-61-53-77)85-103(69-37-17-9-18-38-69)89-107(73-45-25-13-26-46-73)91-104(70-39-19-10-20-40-70,86-100(3,4)66-34-58-82-62-54-78)92-108(90-103,74-47-27-14-28-48-74)98-110(76-51-31-16-32-52-76)94-105(71-41-21-11-22-42-71,87-101(5,6)67-35-59-83-63-55-79)93-109(97-107,75-49-29-15-30-50-75)95-106(96-110,72-43-23-12-24-44-72)88-102(7,8)68-36-60-84-64-56-80/h9-32,37-52,77-80H,33-36,53-68H2,1-8H3. The van der Waals surface area contributed by atoms with Crippen LogP contribution in [-0.2, 0) is 76.6 Å². The summed E-state index contributed by atoms with van der Waals surface area (Å²) in [5.74, 6) is 0. The summed E-state index contributed by atoms with van der Waals surface area (Å²) in [6, 6.07) is 79.4. The molecule has 0 unspecified atom stereocenters. The summed E-state index contributed by atoms with van der Waals surface area (Å²) in [7, 11) is -56.2. The number of benzene rings is 8. The Bertz CT molecular complexity index is 3500. The van der Waals surface area contributed by atoms with Crippen molar-refractivity contribution in [2.45, 2.75) is 102 Å². The Balaban J connectivity index is 1.39. The molecule has 12 rings (SSSR count). The van der Waals surface area contributed by atoms with Crippen LogP contribution < -0.4 is 41.5 Å². The second-order valence-electron chi connectivity index (χ2n) is 29.6. The van der Waals surface area contributed by atoms with Gasteiger partial charge in [-0.2, -0.15) is 0 Å². The molecule has 4 bridgehead atoms. The number of aliphatic hydroxyl groups is 4. The van der Waals surface area contributed by atoms with Crippen molar-refractivity contribution in [2.24, 2.45) is 0 Å². The minimum Gasteiger partial charge on any atom is -0.413 e. The molecule has 0 atom stereocenters. The summed E-state index contributed by atoms with van der Waals surface area (Å²) in [5, 5.41) is 43.4. The SMILES string of the molecule is C[Si](C)(CCCOCCO)O[Si]1(c2ccccc2)O[Si]2(c3ccccc3)O[Si](O[Si](C)(C)CCCOCCO)(c3ccccc3)O[Si](c3ccccc3)(O1)O[Si]1(c3ccccc3)O[Si](O[Si](C)(C)CCCOCCO)(c3ccccc3)O[Si](c3ccccc3)(O[Si](O[Si](C)(C)CCCOCCO)(c3ccccc3)O1)O2. The molecule has 22 nitrogen and oxygen atoms in total. The minimum absolute atomic E-state index is 0.134. The molecule has 8 aromatic rings. The van der Waals surface area contributed by atoms with E-state index in [0.29, 0.717) is 118 Å². The second kappa shape index (κ2) is 39.0. The third kappa shape index (κ3) is 21.8. The van der Waals surface area contributed by atoms with Gasteiger partial charge in [-0.1, -0.05) is 243 Å². The summed E-state index contributed by atoms with van der Waals surface area (Å²) < 4.78 is 147. The molecule has 0 spiro atoms. The molecule has 34 heteroatoms. The fourth-order valence-corrected chi connectivity index (χ4v) is 74.1. The van der Waals surface area contributed by atoms with Crippen molar-refractivity contribution in [1.29, 1.82) is 0 Å². The van der Waals surface area contributed by atoms with Crippen LogP contribution in [0.2, 0.25) is 76.6 Å². The zero-order chi connectivity index (χ0) is 77.8. The maximum absolute atomic E-state index is 9.93. The highest BCUT2D eigenvalue weighted by molar-refractivity contribution is 7.11. The van der Waals surface area contributed by atoms with E-state index in [-0.39, 0.29) is 52.9 Å². The summed E-state index contributed by atoms with van der Waals surface area (Å²) in [5.41, 5.74) is 0. The van der Waals surface area contributed by atoms with Crippen LogP contribution in [0.15, 0.2) is 243 Å². The molecule has 0 radical (unpaired) electrons. The lowest BCUT2D eigenvalue weighted by molar-refractivity contribution is 0.0475. The highest BCUT2D eigenvalue weighted by Gasteiger charge is 2.81. The minimum atomic E-state index is -5.57. The van der Waals surface area contributed by atoms with Gasteiger partial charge < -0.3 is 97.0 Å². The zero-order valence-corrected chi connectivity index (χ0v) is 76.4. The van der Waals surface area contributed by atoms with E-state index < -0.39 is 104 Å². The molecule has 4 fully saturated rings. The zero-order valence-electron chi connectivity index (χ0n) is 64.4. The second-order valence-corrected chi connectivity index (χ2v) is 70.6. The van der Waals surface area contributed by atoms with Crippen molar-refractivity contribution in [1.82, 2.24) is 0 Å². The van der Waals surface area contributed by atoms with Gasteiger partial charge >= 0.3 is 70.4 Å². The lowest BCUT2D eigenvalue weighted by atomic mass is 10.4. The monoisotopic (exact) mass is 1710 g/mol. The summed E-state index contributed by atoms with van der Waals surface area (Å²) in [4.78, 5) is 0. The molecular formula is C76H108O22Si12. The Kier molecular flexibility index (Phi) is 30.6. The average Bonchev–Trinajstić information content (AvgIpc) is 0.685. The largest absolute Gasteiger partial charge is 0.515 e. The summed E-state index contributed by atoms with van der Waals surface area (Å²) >= 11 is 0. The van der Waals surface area contributed by atoms with E-state index in [1.165, 1.54) is 0 Å². The molecule has 4 saturated heterocycles. The van der Waals surface area contributed by atoms with Gasteiger partial charge in [-0.25, -0.2) is 0 Å². The van der Waals surface area contributed by atoms with Crippen molar-refractivity contribution >= 4 is 145 Å². The maximum atomic E-state index is 9.93. The average molecular weight is 1710 g/mol. The fourth-order valence-electron chi connectivity index (χ4n) is 13.5. The van der Waals surface area contributed by atoms with Crippen LogP contribution in [0, 0.1) is 0 Å². The predicted molar refractivity (Wildman–Crippen MR) is 449 cm³/mol. The van der Waals surface area contributed by atoms with E-state index in [0.717, 1.165) is 0 Å². The van der Waals surface area contributed by atoms with Gasteiger partial charge in [0.2, 0.25) is 0 Å². The summed E-state index contributed by atoms with van der Waals surface area (Å²) in [6.07, 6.45) is 2.18. The molecule has 0 aliphatic carbocycles. The van der Waals surface area contributed by atoms with Gasteiger partial charge in [0, 0.05) is 67.9 Å². The van der Waals surface area contributed by atoms with Gasteiger partial charge in [-0.15, -0.1) is 0 Å². The lowest BCUT2D eigenvalue weighted by Crippen LogP contribution is -2.91. The van der Waals surface area contributed by atoms with Crippen LogP contribution in [-0.4, -0.2) is 203 Å². The predicted octanol–water partition coefficient (Wildman–Crippen LogP) is 7.44.